The molecule has 4 heteroatoms. The minimum Gasteiger partial charge on any atom is -0.488 e. The molecule has 0 saturated heterocycles. The van der Waals surface area contributed by atoms with Crippen LogP contribution >= 0.6 is 0 Å². The molecule has 104 valence electrons. The number of rotatable bonds is 4. The fourth-order valence-electron chi connectivity index (χ4n) is 2.76. The SMILES string of the molecule is CCC1CCCC(Oc2cccc(C(N)=O)c2N)C1. The largest absolute Gasteiger partial charge is 0.488 e. The number of carbonyl (C=O) groups is 1. The zero-order valence-corrected chi connectivity index (χ0v) is 11.4. The van der Waals surface area contributed by atoms with Crippen molar-refractivity contribution in [2.45, 2.75) is 45.1 Å². The van der Waals surface area contributed by atoms with Gasteiger partial charge in [0.2, 0.25) is 0 Å². The predicted molar refractivity (Wildman–Crippen MR) is 76.0 cm³/mol. The summed E-state index contributed by atoms with van der Waals surface area (Å²) in [6.07, 6.45) is 5.99. The molecule has 0 aliphatic heterocycles. The van der Waals surface area contributed by atoms with E-state index in [2.05, 4.69) is 6.92 Å². The highest BCUT2D eigenvalue weighted by atomic mass is 16.5. The van der Waals surface area contributed by atoms with Crippen molar-refractivity contribution in [3.05, 3.63) is 23.8 Å². The van der Waals surface area contributed by atoms with E-state index in [1.807, 2.05) is 0 Å². The van der Waals surface area contributed by atoms with Gasteiger partial charge in [0.1, 0.15) is 5.75 Å². The normalized spacial score (nSPS) is 23.0. The highest BCUT2D eigenvalue weighted by Gasteiger charge is 2.23. The van der Waals surface area contributed by atoms with Crippen molar-refractivity contribution in [1.29, 1.82) is 0 Å². The highest BCUT2D eigenvalue weighted by Crippen LogP contribution is 2.32. The number of hydrogen-bond donors (Lipinski definition) is 2. The third-order valence-electron chi connectivity index (χ3n) is 3.94. The summed E-state index contributed by atoms with van der Waals surface area (Å²) in [4.78, 5) is 11.3. The first-order chi connectivity index (χ1) is 9.11. The lowest BCUT2D eigenvalue weighted by atomic mass is 9.85. The van der Waals surface area contributed by atoms with Crippen LogP contribution in [0.15, 0.2) is 18.2 Å². The van der Waals surface area contributed by atoms with Gasteiger partial charge in [0.25, 0.3) is 5.91 Å². The molecule has 1 aromatic carbocycles. The number of primary amides is 1. The Morgan fingerprint density at radius 2 is 2.21 bits per heavy atom. The molecule has 19 heavy (non-hydrogen) atoms. The Labute approximate surface area is 114 Å². The fraction of sp³-hybridized carbons (Fsp3) is 0.533. The van der Waals surface area contributed by atoms with Gasteiger partial charge in [0.05, 0.1) is 17.4 Å². The number of hydrogen-bond acceptors (Lipinski definition) is 3. The summed E-state index contributed by atoms with van der Waals surface area (Å²) in [5.41, 5.74) is 11.9. The van der Waals surface area contributed by atoms with E-state index >= 15 is 0 Å². The van der Waals surface area contributed by atoms with Crippen LogP contribution in [0, 0.1) is 5.92 Å². The maximum atomic E-state index is 11.3. The molecule has 1 aromatic rings. The quantitative estimate of drug-likeness (QED) is 0.819. The lowest BCUT2D eigenvalue weighted by Gasteiger charge is -2.29. The lowest BCUT2D eigenvalue weighted by Crippen LogP contribution is -2.25. The van der Waals surface area contributed by atoms with Crippen LogP contribution in [0.25, 0.3) is 0 Å². The maximum Gasteiger partial charge on any atom is 0.250 e. The summed E-state index contributed by atoms with van der Waals surface area (Å²) in [5.74, 6) is 0.801. The molecule has 2 rings (SSSR count). The average Bonchev–Trinajstić information content (AvgIpc) is 2.41. The van der Waals surface area contributed by atoms with E-state index in [-0.39, 0.29) is 6.10 Å². The van der Waals surface area contributed by atoms with Gasteiger partial charge in [-0.1, -0.05) is 25.8 Å². The molecular formula is C15H22N2O2. The first-order valence-electron chi connectivity index (χ1n) is 6.96. The molecule has 1 saturated carbocycles. The number of ether oxygens (including phenoxy) is 1. The lowest BCUT2D eigenvalue weighted by molar-refractivity contribution is 0.0998. The molecule has 0 bridgehead atoms. The van der Waals surface area contributed by atoms with Crippen molar-refractivity contribution in [3.63, 3.8) is 0 Å². The van der Waals surface area contributed by atoms with Gasteiger partial charge in [-0.05, 0) is 37.3 Å². The van der Waals surface area contributed by atoms with Gasteiger partial charge < -0.3 is 16.2 Å². The van der Waals surface area contributed by atoms with Crippen molar-refractivity contribution < 1.29 is 9.53 Å². The molecule has 4 N–H and O–H groups in total. The van der Waals surface area contributed by atoms with Crippen molar-refractivity contribution in [2.75, 3.05) is 5.73 Å². The van der Waals surface area contributed by atoms with Gasteiger partial charge in [-0.3, -0.25) is 4.79 Å². The number of nitrogens with two attached hydrogens (primary N) is 2. The van der Waals surface area contributed by atoms with Crippen molar-refractivity contribution >= 4 is 11.6 Å². The summed E-state index contributed by atoms with van der Waals surface area (Å²) in [7, 11) is 0. The second-order valence-electron chi connectivity index (χ2n) is 5.26. The molecule has 0 radical (unpaired) electrons. The predicted octanol–water partition coefficient (Wildman–Crippen LogP) is 2.72. The molecule has 2 unspecified atom stereocenters. The van der Waals surface area contributed by atoms with Crippen LogP contribution in [0.2, 0.25) is 0 Å². The van der Waals surface area contributed by atoms with Crippen LogP contribution in [0.4, 0.5) is 5.69 Å². The van der Waals surface area contributed by atoms with Gasteiger partial charge in [-0.2, -0.15) is 0 Å². The smallest absolute Gasteiger partial charge is 0.250 e. The minimum absolute atomic E-state index is 0.198. The number of para-hydroxylation sites is 1. The Balaban J connectivity index is 2.10. The van der Waals surface area contributed by atoms with Gasteiger partial charge >= 0.3 is 0 Å². The standard InChI is InChI=1S/C15H22N2O2/c1-2-10-5-3-6-11(9-10)19-13-8-4-7-12(14(13)16)15(17)18/h4,7-8,10-11H,2-3,5-6,9,16H2,1H3,(H2,17,18). The van der Waals surface area contributed by atoms with Gasteiger partial charge in [-0.15, -0.1) is 0 Å². The van der Waals surface area contributed by atoms with E-state index in [1.165, 1.54) is 19.3 Å². The third-order valence-corrected chi connectivity index (χ3v) is 3.94. The Bertz CT molecular complexity index is 459. The zero-order chi connectivity index (χ0) is 13.8. The van der Waals surface area contributed by atoms with Crippen LogP contribution in [0.3, 0.4) is 0 Å². The molecule has 4 nitrogen and oxygen atoms in total. The molecule has 0 heterocycles. The van der Waals surface area contributed by atoms with E-state index in [1.54, 1.807) is 18.2 Å². The van der Waals surface area contributed by atoms with E-state index < -0.39 is 5.91 Å². The summed E-state index contributed by atoms with van der Waals surface area (Å²) < 4.78 is 5.98. The van der Waals surface area contributed by atoms with Gasteiger partial charge in [-0.25, -0.2) is 0 Å². The third kappa shape index (κ3) is 3.19. The molecule has 0 aromatic heterocycles. The fourth-order valence-corrected chi connectivity index (χ4v) is 2.76. The van der Waals surface area contributed by atoms with Crippen molar-refractivity contribution in [3.8, 4) is 5.75 Å². The highest BCUT2D eigenvalue weighted by molar-refractivity contribution is 5.99. The number of amides is 1. The second kappa shape index (κ2) is 5.95. The monoisotopic (exact) mass is 262 g/mol. The molecule has 1 fully saturated rings. The number of anilines is 1. The van der Waals surface area contributed by atoms with Crippen LogP contribution < -0.4 is 16.2 Å². The van der Waals surface area contributed by atoms with Crippen LogP contribution in [-0.2, 0) is 0 Å². The van der Waals surface area contributed by atoms with Gasteiger partial charge in [0, 0.05) is 0 Å². The second-order valence-corrected chi connectivity index (χ2v) is 5.26. The van der Waals surface area contributed by atoms with E-state index in [4.69, 9.17) is 16.2 Å². The Kier molecular flexibility index (Phi) is 4.30. The van der Waals surface area contributed by atoms with E-state index in [0.717, 1.165) is 18.8 Å². The minimum atomic E-state index is -0.516. The van der Waals surface area contributed by atoms with Crippen molar-refractivity contribution in [2.24, 2.45) is 11.7 Å². The Hall–Kier alpha value is -1.71. The van der Waals surface area contributed by atoms with Crippen LogP contribution in [0.5, 0.6) is 5.75 Å². The van der Waals surface area contributed by atoms with Crippen LogP contribution in [0.1, 0.15) is 49.4 Å². The van der Waals surface area contributed by atoms with E-state index in [0.29, 0.717) is 17.0 Å². The topological polar surface area (TPSA) is 78.3 Å². The van der Waals surface area contributed by atoms with Crippen molar-refractivity contribution in [1.82, 2.24) is 0 Å². The average molecular weight is 262 g/mol. The maximum absolute atomic E-state index is 11.3. The number of nitrogen functional groups attached to an aromatic ring is 1. The molecular weight excluding hydrogens is 240 g/mol. The Morgan fingerprint density at radius 3 is 2.89 bits per heavy atom. The molecule has 2 atom stereocenters. The molecule has 1 aliphatic rings. The summed E-state index contributed by atoms with van der Waals surface area (Å²) in [6, 6.07) is 5.18. The Morgan fingerprint density at radius 1 is 1.42 bits per heavy atom. The molecule has 1 amide bonds. The van der Waals surface area contributed by atoms with Gasteiger partial charge in [0.15, 0.2) is 0 Å². The molecule has 0 spiro atoms. The zero-order valence-electron chi connectivity index (χ0n) is 11.4. The van der Waals surface area contributed by atoms with Crippen LogP contribution in [-0.4, -0.2) is 12.0 Å². The summed E-state index contributed by atoms with van der Waals surface area (Å²) in [5, 5.41) is 0. The first-order valence-corrected chi connectivity index (χ1v) is 6.96. The first kappa shape index (κ1) is 13.7. The van der Waals surface area contributed by atoms with E-state index in [9.17, 15) is 4.79 Å². The summed E-state index contributed by atoms with van der Waals surface area (Å²) in [6.45, 7) is 2.22. The number of benzene rings is 1. The summed E-state index contributed by atoms with van der Waals surface area (Å²) >= 11 is 0. The number of carbonyl (C=O) groups excluding carboxylic acids is 1. The molecule has 1 aliphatic carbocycles.